The van der Waals surface area contributed by atoms with Crippen molar-refractivity contribution in [1.29, 1.82) is 0 Å². The molecule has 0 bridgehead atoms. The molecule has 0 saturated heterocycles. The lowest BCUT2D eigenvalue weighted by Crippen LogP contribution is -2.16. The molecule has 72 valence electrons. The number of hydrogen-bond donors (Lipinski definition) is 1. The van der Waals surface area contributed by atoms with Crippen molar-refractivity contribution in [2.45, 2.75) is 32.8 Å². The monoisotopic (exact) mass is 200 g/mol. The van der Waals surface area contributed by atoms with Crippen molar-refractivity contribution >= 4 is 11.6 Å². The van der Waals surface area contributed by atoms with Crippen LogP contribution in [-0.4, -0.2) is 15.1 Å². The van der Waals surface area contributed by atoms with Crippen LogP contribution in [-0.2, 0) is 12.0 Å². The van der Waals surface area contributed by atoms with Crippen LogP contribution in [0.4, 0.5) is 0 Å². The van der Waals surface area contributed by atoms with E-state index >= 15 is 0 Å². The Morgan fingerprint density at radius 1 is 1.46 bits per heavy atom. The summed E-state index contributed by atoms with van der Waals surface area (Å²) in [4.78, 5) is 8.24. The van der Waals surface area contributed by atoms with E-state index < -0.39 is 0 Å². The maximum atomic E-state index is 8.85. The first-order chi connectivity index (χ1) is 5.95. The third-order valence-corrected chi connectivity index (χ3v) is 1.98. The van der Waals surface area contributed by atoms with Crippen LogP contribution in [0.15, 0.2) is 6.20 Å². The Balaban J connectivity index is 3.10. The van der Waals surface area contributed by atoms with Gasteiger partial charge in [-0.05, 0) is 0 Å². The number of hydrogen-bond acceptors (Lipinski definition) is 3. The van der Waals surface area contributed by atoms with E-state index in [4.69, 9.17) is 16.7 Å². The molecule has 13 heavy (non-hydrogen) atoms. The molecule has 3 nitrogen and oxygen atoms in total. The summed E-state index contributed by atoms with van der Waals surface area (Å²) in [5.74, 6) is 0.690. The van der Waals surface area contributed by atoms with Crippen molar-refractivity contribution in [1.82, 2.24) is 9.97 Å². The van der Waals surface area contributed by atoms with Crippen molar-refractivity contribution in [3.63, 3.8) is 0 Å². The Labute approximate surface area is 82.8 Å². The summed E-state index contributed by atoms with van der Waals surface area (Å²) < 4.78 is 0. The molecule has 1 aromatic heterocycles. The molecule has 0 fully saturated rings. The maximum absolute atomic E-state index is 8.85. The second-order valence-corrected chi connectivity index (χ2v) is 4.28. The van der Waals surface area contributed by atoms with E-state index in [0.717, 1.165) is 0 Å². The van der Waals surface area contributed by atoms with Gasteiger partial charge in [-0.1, -0.05) is 32.4 Å². The molecule has 0 radical (unpaired) electrons. The zero-order valence-electron chi connectivity index (χ0n) is 8.00. The van der Waals surface area contributed by atoms with Crippen LogP contribution < -0.4 is 0 Å². The molecule has 4 heteroatoms. The fourth-order valence-electron chi connectivity index (χ4n) is 0.853. The standard InChI is InChI=1S/C9H13ClN2O/c1-9(2,3)8-11-4-6(5-13)7(10)12-8/h4,13H,5H2,1-3H3. The molecule has 1 heterocycles. The van der Waals surface area contributed by atoms with Crippen molar-refractivity contribution < 1.29 is 5.11 Å². The Kier molecular flexibility index (Phi) is 2.88. The molecule has 0 aromatic carbocycles. The third-order valence-electron chi connectivity index (χ3n) is 1.65. The van der Waals surface area contributed by atoms with Crippen LogP contribution in [0.5, 0.6) is 0 Å². The first-order valence-electron chi connectivity index (χ1n) is 4.08. The molecule has 0 aliphatic heterocycles. The fourth-order valence-corrected chi connectivity index (χ4v) is 1.04. The maximum Gasteiger partial charge on any atom is 0.138 e. The van der Waals surface area contributed by atoms with E-state index in [1.54, 1.807) is 6.20 Å². The van der Waals surface area contributed by atoms with Crippen LogP contribution in [0.3, 0.4) is 0 Å². The van der Waals surface area contributed by atoms with Crippen LogP contribution in [0, 0.1) is 0 Å². The molecule has 0 unspecified atom stereocenters. The molecular formula is C9H13ClN2O. The topological polar surface area (TPSA) is 46.0 Å². The van der Waals surface area contributed by atoms with Gasteiger partial charge in [0.15, 0.2) is 0 Å². The van der Waals surface area contributed by atoms with Crippen molar-refractivity contribution in [2.75, 3.05) is 0 Å². The Morgan fingerprint density at radius 2 is 2.08 bits per heavy atom. The Morgan fingerprint density at radius 3 is 2.46 bits per heavy atom. The van der Waals surface area contributed by atoms with Gasteiger partial charge in [-0.25, -0.2) is 9.97 Å². The van der Waals surface area contributed by atoms with Gasteiger partial charge in [0.2, 0.25) is 0 Å². The summed E-state index contributed by atoms with van der Waals surface area (Å²) in [6, 6.07) is 0. The third kappa shape index (κ3) is 2.39. The van der Waals surface area contributed by atoms with Gasteiger partial charge in [-0.3, -0.25) is 0 Å². The summed E-state index contributed by atoms with van der Waals surface area (Å²) in [7, 11) is 0. The van der Waals surface area contributed by atoms with E-state index in [-0.39, 0.29) is 12.0 Å². The predicted molar refractivity (Wildman–Crippen MR) is 51.7 cm³/mol. The number of halogens is 1. The van der Waals surface area contributed by atoms with Gasteiger partial charge < -0.3 is 5.11 Å². The minimum atomic E-state index is -0.122. The largest absolute Gasteiger partial charge is 0.392 e. The minimum absolute atomic E-state index is 0.113. The van der Waals surface area contributed by atoms with Crippen LogP contribution in [0.25, 0.3) is 0 Å². The number of rotatable bonds is 1. The second-order valence-electron chi connectivity index (χ2n) is 3.92. The predicted octanol–water partition coefficient (Wildman–Crippen LogP) is 1.92. The van der Waals surface area contributed by atoms with Crippen molar-refractivity contribution in [2.24, 2.45) is 0 Å². The first kappa shape index (κ1) is 10.4. The molecule has 0 amide bonds. The quantitative estimate of drug-likeness (QED) is 0.705. The van der Waals surface area contributed by atoms with Gasteiger partial charge >= 0.3 is 0 Å². The van der Waals surface area contributed by atoms with Crippen molar-refractivity contribution in [3.8, 4) is 0 Å². The summed E-state index contributed by atoms with van der Waals surface area (Å²) in [5, 5.41) is 9.18. The summed E-state index contributed by atoms with van der Waals surface area (Å²) >= 11 is 5.82. The van der Waals surface area contributed by atoms with Gasteiger partial charge in [0.1, 0.15) is 11.0 Å². The van der Waals surface area contributed by atoms with E-state index in [1.807, 2.05) is 20.8 Å². The summed E-state index contributed by atoms with van der Waals surface area (Å²) in [6.45, 7) is 5.91. The Bertz CT molecular complexity index is 307. The summed E-state index contributed by atoms with van der Waals surface area (Å²) in [6.07, 6.45) is 1.57. The molecule has 0 atom stereocenters. The van der Waals surface area contributed by atoms with Gasteiger partial charge in [-0.2, -0.15) is 0 Å². The highest BCUT2D eigenvalue weighted by Crippen LogP contribution is 2.21. The minimum Gasteiger partial charge on any atom is -0.392 e. The first-order valence-corrected chi connectivity index (χ1v) is 4.45. The number of aromatic nitrogens is 2. The van der Waals surface area contributed by atoms with Crippen molar-refractivity contribution in [3.05, 3.63) is 22.7 Å². The molecule has 0 aliphatic carbocycles. The molecule has 0 spiro atoms. The number of nitrogens with zero attached hydrogens (tertiary/aromatic N) is 2. The highest BCUT2D eigenvalue weighted by atomic mass is 35.5. The fraction of sp³-hybridized carbons (Fsp3) is 0.556. The van der Waals surface area contributed by atoms with Gasteiger partial charge in [0, 0.05) is 17.2 Å². The highest BCUT2D eigenvalue weighted by Gasteiger charge is 2.18. The van der Waals surface area contributed by atoms with E-state index in [2.05, 4.69) is 9.97 Å². The molecular weight excluding hydrogens is 188 g/mol. The van der Waals surface area contributed by atoms with Gasteiger partial charge in [0.05, 0.1) is 6.61 Å². The average molecular weight is 201 g/mol. The number of aliphatic hydroxyl groups is 1. The Hall–Kier alpha value is -0.670. The zero-order chi connectivity index (χ0) is 10.1. The van der Waals surface area contributed by atoms with Gasteiger partial charge in [0.25, 0.3) is 0 Å². The normalized spacial score (nSPS) is 11.8. The smallest absolute Gasteiger partial charge is 0.138 e. The highest BCUT2D eigenvalue weighted by molar-refractivity contribution is 6.30. The average Bonchev–Trinajstić information content (AvgIpc) is 2.02. The summed E-state index contributed by atoms with van der Waals surface area (Å²) in [5.41, 5.74) is 0.451. The zero-order valence-corrected chi connectivity index (χ0v) is 8.76. The second kappa shape index (κ2) is 3.60. The van der Waals surface area contributed by atoms with E-state index in [1.165, 1.54) is 0 Å². The van der Waals surface area contributed by atoms with E-state index in [0.29, 0.717) is 16.5 Å². The van der Waals surface area contributed by atoms with Crippen LogP contribution >= 0.6 is 11.6 Å². The van der Waals surface area contributed by atoms with Gasteiger partial charge in [-0.15, -0.1) is 0 Å². The molecule has 0 aliphatic rings. The number of aliphatic hydroxyl groups excluding tert-OH is 1. The van der Waals surface area contributed by atoms with Crippen LogP contribution in [0.2, 0.25) is 5.15 Å². The lowest BCUT2D eigenvalue weighted by atomic mass is 9.96. The molecule has 1 N–H and O–H groups in total. The molecule has 1 aromatic rings. The van der Waals surface area contributed by atoms with E-state index in [9.17, 15) is 0 Å². The lowest BCUT2D eigenvalue weighted by molar-refractivity contribution is 0.280. The lowest BCUT2D eigenvalue weighted by Gasteiger charge is -2.16. The van der Waals surface area contributed by atoms with Crippen LogP contribution in [0.1, 0.15) is 32.2 Å². The molecule has 0 saturated carbocycles. The SMILES string of the molecule is CC(C)(C)c1ncc(CO)c(Cl)n1. The molecule has 1 rings (SSSR count).